The molecule has 0 aliphatic rings. The normalized spacial score (nSPS) is 10.6. The number of aryl methyl sites for hydroxylation is 3. The summed E-state index contributed by atoms with van der Waals surface area (Å²) in [6, 6.07) is 12.9. The van der Waals surface area contributed by atoms with Gasteiger partial charge in [-0.05, 0) is 30.5 Å². The number of nitrogens with one attached hydrogen (secondary N) is 2. The highest BCUT2D eigenvalue weighted by molar-refractivity contribution is 5.95. The Bertz CT molecular complexity index is 1050. The number of aromatic nitrogens is 3. The summed E-state index contributed by atoms with van der Waals surface area (Å²) in [5.41, 5.74) is 1.62. The number of hydrogen-bond acceptors (Lipinski definition) is 4. The molecule has 0 atom stereocenters. The maximum Gasteiger partial charge on any atom is 0.263 e. The molecular formula is C20H20N4O3. The Morgan fingerprint density at radius 2 is 1.96 bits per heavy atom. The number of rotatable bonds is 6. The number of pyridine rings is 1. The van der Waals surface area contributed by atoms with Crippen molar-refractivity contribution in [1.29, 1.82) is 0 Å². The van der Waals surface area contributed by atoms with Gasteiger partial charge in [0.2, 0.25) is 0 Å². The monoisotopic (exact) mass is 364 g/mol. The van der Waals surface area contributed by atoms with Gasteiger partial charge in [-0.15, -0.1) is 0 Å². The van der Waals surface area contributed by atoms with E-state index in [4.69, 9.17) is 0 Å². The Balaban J connectivity index is 1.75. The number of nitrogens with zero attached hydrogens (tertiary/aromatic N) is 2. The molecule has 7 heteroatoms. The maximum absolute atomic E-state index is 12.7. The van der Waals surface area contributed by atoms with Gasteiger partial charge in [-0.3, -0.25) is 14.4 Å². The third-order valence-electron chi connectivity index (χ3n) is 4.25. The number of benzene rings is 1. The van der Waals surface area contributed by atoms with Crippen molar-refractivity contribution in [2.45, 2.75) is 26.4 Å². The molecule has 3 aromatic rings. The van der Waals surface area contributed by atoms with Crippen molar-refractivity contribution < 1.29 is 4.79 Å². The Kier molecular flexibility index (Phi) is 5.61. The second-order valence-electron chi connectivity index (χ2n) is 6.19. The lowest BCUT2D eigenvalue weighted by Crippen LogP contribution is -2.34. The van der Waals surface area contributed by atoms with Gasteiger partial charge in [0.1, 0.15) is 5.56 Å². The van der Waals surface area contributed by atoms with Gasteiger partial charge in [0.15, 0.2) is 0 Å². The van der Waals surface area contributed by atoms with E-state index in [2.05, 4.69) is 15.3 Å². The highest BCUT2D eigenvalue weighted by Crippen LogP contribution is 2.05. The van der Waals surface area contributed by atoms with Crippen molar-refractivity contribution in [1.82, 2.24) is 19.9 Å². The van der Waals surface area contributed by atoms with Crippen LogP contribution in [0.5, 0.6) is 0 Å². The Hall–Kier alpha value is -3.48. The number of H-pyrrole nitrogens is 1. The fourth-order valence-corrected chi connectivity index (χ4v) is 2.78. The molecule has 0 aliphatic heterocycles. The topological polar surface area (TPSA) is 96.9 Å². The SMILES string of the molecule is Cc1ccn(CCc2ccccc2)c(=O)c1C(=O)NCc1cc(=O)[nH]cn1. The molecule has 0 saturated carbocycles. The number of aromatic amines is 1. The summed E-state index contributed by atoms with van der Waals surface area (Å²) >= 11 is 0. The van der Waals surface area contributed by atoms with E-state index in [1.165, 1.54) is 12.4 Å². The lowest BCUT2D eigenvalue weighted by Gasteiger charge is -2.11. The summed E-state index contributed by atoms with van der Waals surface area (Å²) in [5, 5.41) is 2.66. The van der Waals surface area contributed by atoms with E-state index in [1.807, 2.05) is 30.3 Å². The molecule has 138 valence electrons. The standard InChI is InChI=1S/C20H20N4O3/c1-14-7-9-24(10-8-15-5-3-2-4-6-15)20(27)18(14)19(26)21-12-16-11-17(25)23-13-22-16/h2-7,9,11,13H,8,10,12H2,1H3,(H,21,26)(H,22,23,25). The van der Waals surface area contributed by atoms with Crippen molar-refractivity contribution >= 4 is 5.91 Å². The van der Waals surface area contributed by atoms with Crippen LogP contribution >= 0.6 is 0 Å². The van der Waals surface area contributed by atoms with Gasteiger partial charge < -0.3 is 14.9 Å². The van der Waals surface area contributed by atoms with E-state index >= 15 is 0 Å². The van der Waals surface area contributed by atoms with Crippen molar-refractivity contribution in [2.24, 2.45) is 0 Å². The van der Waals surface area contributed by atoms with Gasteiger partial charge in [-0.2, -0.15) is 0 Å². The molecule has 1 aromatic carbocycles. The zero-order valence-electron chi connectivity index (χ0n) is 14.9. The molecule has 0 radical (unpaired) electrons. The first-order chi connectivity index (χ1) is 13.0. The van der Waals surface area contributed by atoms with Crippen molar-refractivity contribution in [3.05, 3.63) is 98.1 Å². The van der Waals surface area contributed by atoms with Gasteiger partial charge in [-0.25, -0.2) is 4.98 Å². The van der Waals surface area contributed by atoms with Crippen molar-refractivity contribution in [3.63, 3.8) is 0 Å². The third kappa shape index (κ3) is 4.58. The fraction of sp³-hybridized carbons (Fsp3) is 0.200. The van der Waals surface area contributed by atoms with Crippen LogP contribution in [0.4, 0.5) is 0 Å². The van der Waals surface area contributed by atoms with Crippen LogP contribution in [0.25, 0.3) is 0 Å². The van der Waals surface area contributed by atoms with Crippen LogP contribution in [-0.4, -0.2) is 20.4 Å². The highest BCUT2D eigenvalue weighted by atomic mass is 16.2. The van der Waals surface area contributed by atoms with Crippen molar-refractivity contribution in [2.75, 3.05) is 0 Å². The molecule has 0 spiro atoms. The third-order valence-corrected chi connectivity index (χ3v) is 4.25. The smallest absolute Gasteiger partial charge is 0.263 e. The number of carbonyl (C=O) groups excluding carboxylic acids is 1. The summed E-state index contributed by atoms with van der Waals surface area (Å²) in [5.74, 6) is -0.478. The first-order valence-corrected chi connectivity index (χ1v) is 8.60. The summed E-state index contributed by atoms with van der Waals surface area (Å²) in [6.45, 7) is 2.28. The van der Waals surface area contributed by atoms with Crippen molar-refractivity contribution in [3.8, 4) is 0 Å². The molecular weight excluding hydrogens is 344 g/mol. The highest BCUT2D eigenvalue weighted by Gasteiger charge is 2.15. The predicted molar refractivity (Wildman–Crippen MR) is 102 cm³/mol. The van der Waals surface area contributed by atoms with Gasteiger partial charge in [0.25, 0.3) is 17.0 Å². The molecule has 2 heterocycles. The molecule has 0 fully saturated rings. The zero-order valence-corrected chi connectivity index (χ0v) is 14.9. The summed E-state index contributed by atoms with van der Waals surface area (Å²) < 4.78 is 1.54. The molecule has 2 N–H and O–H groups in total. The second kappa shape index (κ2) is 8.27. The molecule has 2 aromatic heterocycles. The van der Waals surface area contributed by atoms with E-state index in [0.717, 1.165) is 5.56 Å². The average Bonchev–Trinajstić information content (AvgIpc) is 2.67. The Morgan fingerprint density at radius 1 is 1.19 bits per heavy atom. The summed E-state index contributed by atoms with van der Waals surface area (Å²) in [4.78, 5) is 43.0. The van der Waals surface area contributed by atoms with E-state index < -0.39 is 5.91 Å². The first-order valence-electron chi connectivity index (χ1n) is 8.60. The number of carbonyl (C=O) groups is 1. The number of hydrogen-bond donors (Lipinski definition) is 2. The average molecular weight is 364 g/mol. The van der Waals surface area contributed by atoms with E-state index in [9.17, 15) is 14.4 Å². The molecule has 0 bridgehead atoms. The second-order valence-corrected chi connectivity index (χ2v) is 6.19. The molecule has 0 saturated heterocycles. The van der Waals surface area contributed by atoms with Crippen LogP contribution in [-0.2, 0) is 19.5 Å². The van der Waals surface area contributed by atoms with Crippen LogP contribution in [0.3, 0.4) is 0 Å². The Morgan fingerprint density at radius 3 is 2.70 bits per heavy atom. The van der Waals surface area contributed by atoms with E-state index in [1.54, 1.807) is 23.8 Å². The molecule has 0 aliphatic carbocycles. The van der Waals surface area contributed by atoms with Crippen LogP contribution in [0.2, 0.25) is 0 Å². The molecule has 27 heavy (non-hydrogen) atoms. The molecule has 3 rings (SSSR count). The minimum Gasteiger partial charge on any atom is -0.346 e. The molecule has 7 nitrogen and oxygen atoms in total. The summed E-state index contributed by atoms with van der Waals surface area (Å²) in [7, 11) is 0. The number of amides is 1. The van der Waals surface area contributed by atoms with E-state index in [-0.39, 0.29) is 23.2 Å². The minimum atomic E-state index is -0.478. The zero-order chi connectivity index (χ0) is 19.2. The minimum absolute atomic E-state index is 0.0700. The van der Waals surface area contributed by atoms with Crippen LogP contribution < -0.4 is 16.4 Å². The Labute approximate surface area is 155 Å². The van der Waals surface area contributed by atoms with Crippen LogP contribution in [0, 0.1) is 6.92 Å². The molecule has 1 amide bonds. The lowest BCUT2D eigenvalue weighted by molar-refractivity contribution is 0.0947. The maximum atomic E-state index is 12.7. The van der Waals surface area contributed by atoms with Gasteiger partial charge in [0.05, 0.1) is 18.6 Å². The van der Waals surface area contributed by atoms with Gasteiger partial charge in [0, 0.05) is 18.8 Å². The fourth-order valence-electron chi connectivity index (χ4n) is 2.78. The largest absolute Gasteiger partial charge is 0.346 e. The lowest BCUT2D eigenvalue weighted by atomic mass is 10.1. The first kappa shape index (κ1) is 18.3. The molecule has 0 unspecified atom stereocenters. The van der Waals surface area contributed by atoms with Crippen LogP contribution in [0.15, 0.2) is 64.6 Å². The van der Waals surface area contributed by atoms with Crippen LogP contribution in [0.1, 0.15) is 27.2 Å². The summed E-state index contributed by atoms with van der Waals surface area (Å²) in [6.07, 6.45) is 3.67. The predicted octanol–water partition coefficient (Wildman–Crippen LogP) is 1.41. The quantitative estimate of drug-likeness (QED) is 0.691. The van der Waals surface area contributed by atoms with Gasteiger partial charge in [-0.1, -0.05) is 30.3 Å². The van der Waals surface area contributed by atoms with E-state index in [0.29, 0.717) is 24.2 Å². The van der Waals surface area contributed by atoms with Gasteiger partial charge >= 0.3 is 0 Å².